The van der Waals surface area contributed by atoms with E-state index in [9.17, 15) is 5.26 Å². The first-order valence-corrected chi connectivity index (χ1v) is 10.5. The Bertz CT molecular complexity index is 968. The number of rotatable bonds is 7. The number of halogens is 1. The largest absolute Gasteiger partial charge is 0.360 e. The molecule has 0 aliphatic heterocycles. The highest BCUT2D eigenvalue weighted by molar-refractivity contribution is 9.10. The van der Waals surface area contributed by atoms with E-state index in [1.54, 1.807) is 6.20 Å². The van der Waals surface area contributed by atoms with E-state index in [1.165, 1.54) is 29.7 Å². The molecule has 0 spiro atoms. The number of nitrogens with one attached hydrogen (secondary N) is 1. The number of hydrogen-bond acceptors (Lipinski definition) is 4. The van der Waals surface area contributed by atoms with Gasteiger partial charge in [0.2, 0.25) is 0 Å². The van der Waals surface area contributed by atoms with E-state index in [-0.39, 0.29) is 0 Å². The number of aryl methyl sites for hydroxylation is 1. The molecule has 0 saturated carbocycles. The molecule has 136 valence electrons. The van der Waals surface area contributed by atoms with E-state index < -0.39 is 0 Å². The number of unbranched alkanes of at least 4 members (excludes halogenated alkanes) is 1. The predicted molar refractivity (Wildman–Crippen MR) is 118 cm³/mol. The van der Waals surface area contributed by atoms with Crippen molar-refractivity contribution in [2.75, 3.05) is 5.32 Å². The molecule has 0 saturated heterocycles. The minimum Gasteiger partial charge on any atom is -0.360 e. The van der Waals surface area contributed by atoms with Crippen molar-refractivity contribution in [1.82, 2.24) is 4.98 Å². The minimum atomic E-state index is 0.524. The van der Waals surface area contributed by atoms with Gasteiger partial charge in [0.1, 0.15) is 16.6 Å². The van der Waals surface area contributed by atoms with Gasteiger partial charge < -0.3 is 5.32 Å². The third kappa shape index (κ3) is 5.29. The third-order valence-corrected chi connectivity index (χ3v) is 5.50. The van der Waals surface area contributed by atoms with Crippen molar-refractivity contribution in [1.29, 1.82) is 5.26 Å². The second-order valence-corrected chi connectivity index (χ2v) is 7.94. The van der Waals surface area contributed by atoms with Gasteiger partial charge in [-0.05, 0) is 42.7 Å². The molecule has 3 aromatic rings. The van der Waals surface area contributed by atoms with Gasteiger partial charge in [0.25, 0.3) is 0 Å². The first-order valence-electron chi connectivity index (χ1n) is 8.87. The third-order valence-electron chi connectivity index (χ3n) is 4.13. The molecule has 3 rings (SSSR count). The maximum absolute atomic E-state index is 9.52. The Morgan fingerprint density at radius 2 is 2.07 bits per heavy atom. The van der Waals surface area contributed by atoms with Crippen molar-refractivity contribution in [3.63, 3.8) is 0 Å². The summed E-state index contributed by atoms with van der Waals surface area (Å²) < 4.78 is 1.01. The molecule has 0 aliphatic rings. The molecule has 0 unspecified atom stereocenters. The summed E-state index contributed by atoms with van der Waals surface area (Å²) in [7, 11) is 0. The number of allylic oxidation sites excluding steroid dienone is 1. The van der Waals surface area contributed by atoms with Crippen LogP contribution in [0.1, 0.15) is 30.3 Å². The topological polar surface area (TPSA) is 48.7 Å². The number of thiazole rings is 1. The molecule has 0 radical (unpaired) electrons. The number of nitrogens with zero attached hydrogens (tertiary/aromatic N) is 2. The summed E-state index contributed by atoms with van der Waals surface area (Å²) in [6.45, 7) is 2.20. The predicted octanol–water partition coefficient (Wildman–Crippen LogP) is 6.89. The average molecular weight is 438 g/mol. The van der Waals surface area contributed by atoms with Gasteiger partial charge in [-0.1, -0.05) is 53.5 Å². The summed E-state index contributed by atoms with van der Waals surface area (Å²) in [6, 6.07) is 18.6. The van der Waals surface area contributed by atoms with Crippen molar-refractivity contribution in [2.24, 2.45) is 0 Å². The fourth-order valence-corrected chi connectivity index (χ4v) is 3.82. The Kier molecular flexibility index (Phi) is 6.80. The molecular formula is C22H20BrN3S. The normalized spacial score (nSPS) is 11.2. The summed E-state index contributed by atoms with van der Waals surface area (Å²) in [4.78, 5) is 4.62. The maximum atomic E-state index is 9.52. The lowest BCUT2D eigenvalue weighted by Gasteiger charge is -2.04. The molecule has 0 fully saturated rings. The molecular weight excluding hydrogens is 418 g/mol. The van der Waals surface area contributed by atoms with Crippen molar-refractivity contribution < 1.29 is 0 Å². The van der Waals surface area contributed by atoms with Gasteiger partial charge in [-0.25, -0.2) is 4.98 Å². The molecule has 1 aromatic heterocycles. The molecule has 5 heteroatoms. The SMILES string of the molecule is CCCCc1ccc(N/C=C(/C#N)c2nc(-c3cccc(Br)c3)cs2)cc1. The number of benzene rings is 2. The molecule has 0 amide bonds. The van der Waals surface area contributed by atoms with E-state index in [0.29, 0.717) is 10.6 Å². The number of nitriles is 1. The summed E-state index contributed by atoms with van der Waals surface area (Å²) in [6.07, 6.45) is 5.23. The summed E-state index contributed by atoms with van der Waals surface area (Å²) >= 11 is 4.95. The minimum absolute atomic E-state index is 0.524. The molecule has 27 heavy (non-hydrogen) atoms. The fraction of sp³-hybridized carbons (Fsp3) is 0.182. The molecule has 3 nitrogen and oxygen atoms in total. The van der Waals surface area contributed by atoms with Crippen LogP contribution >= 0.6 is 27.3 Å². The Labute approximate surface area is 172 Å². The number of anilines is 1. The Hall–Kier alpha value is -2.42. The molecule has 0 atom stereocenters. The first-order chi connectivity index (χ1) is 13.2. The van der Waals surface area contributed by atoms with Crippen LogP contribution in [0.4, 0.5) is 5.69 Å². The van der Waals surface area contributed by atoms with Crippen LogP contribution in [0, 0.1) is 11.3 Å². The van der Waals surface area contributed by atoms with E-state index in [0.717, 1.165) is 27.8 Å². The van der Waals surface area contributed by atoms with Crippen LogP contribution in [0.5, 0.6) is 0 Å². The lowest BCUT2D eigenvalue weighted by molar-refractivity contribution is 0.795. The highest BCUT2D eigenvalue weighted by Gasteiger charge is 2.09. The summed E-state index contributed by atoms with van der Waals surface area (Å²) in [5.41, 5.74) is 4.73. The van der Waals surface area contributed by atoms with Gasteiger partial charge in [0.05, 0.1) is 5.69 Å². The van der Waals surface area contributed by atoms with Gasteiger partial charge in [-0.15, -0.1) is 11.3 Å². The standard InChI is InChI=1S/C22H20BrN3S/c1-2-3-5-16-8-10-20(11-9-16)25-14-18(13-24)22-26-21(15-27-22)17-6-4-7-19(23)12-17/h4,6-12,14-15,25H,2-3,5H2,1H3/b18-14-. The monoisotopic (exact) mass is 437 g/mol. The van der Waals surface area contributed by atoms with Gasteiger partial charge >= 0.3 is 0 Å². The highest BCUT2D eigenvalue weighted by atomic mass is 79.9. The van der Waals surface area contributed by atoms with Crippen molar-refractivity contribution in [2.45, 2.75) is 26.2 Å². The van der Waals surface area contributed by atoms with Crippen LogP contribution in [-0.2, 0) is 6.42 Å². The molecule has 2 aromatic carbocycles. The summed E-state index contributed by atoms with van der Waals surface area (Å²) in [5, 5.41) is 15.4. The van der Waals surface area contributed by atoms with E-state index in [4.69, 9.17) is 0 Å². The zero-order chi connectivity index (χ0) is 19.1. The highest BCUT2D eigenvalue weighted by Crippen LogP contribution is 2.27. The van der Waals surface area contributed by atoms with Gasteiger partial charge in [0, 0.05) is 27.3 Å². The Morgan fingerprint density at radius 1 is 1.26 bits per heavy atom. The molecule has 1 heterocycles. The molecule has 1 N–H and O–H groups in total. The second-order valence-electron chi connectivity index (χ2n) is 6.16. The Balaban J connectivity index is 1.72. The van der Waals surface area contributed by atoms with E-state index >= 15 is 0 Å². The Morgan fingerprint density at radius 3 is 2.78 bits per heavy atom. The number of aromatic nitrogens is 1. The van der Waals surface area contributed by atoms with Crippen LogP contribution in [0.15, 0.2) is 64.6 Å². The van der Waals surface area contributed by atoms with Crippen LogP contribution in [0.3, 0.4) is 0 Å². The van der Waals surface area contributed by atoms with Gasteiger partial charge in [-0.2, -0.15) is 5.26 Å². The fourth-order valence-electron chi connectivity index (χ4n) is 2.62. The lowest BCUT2D eigenvalue weighted by atomic mass is 10.1. The molecule has 0 bridgehead atoms. The molecule has 0 aliphatic carbocycles. The maximum Gasteiger partial charge on any atom is 0.136 e. The van der Waals surface area contributed by atoms with Crippen LogP contribution in [0.2, 0.25) is 0 Å². The van der Waals surface area contributed by atoms with Crippen molar-refractivity contribution in [3.8, 4) is 17.3 Å². The van der Waals surface area contributed by atoms with Crippen LogP contribution in [-0.4, -0.2) is 4.98 Å². The van der Waals surface area contributed by atoms with Crippen molar-refractivity contribution in [3.05, 3.63) is 75.2 Å². The first kappa shape index (κ1) is 19.3. The number of hydrogen-bond donors (Lipinski definition) is 1. The smallest absolute Gasteiger partial charge is 0.136 e. The zero-order valence-electron chi connectivity index (χ0n) is 15.1. The van der Waals surface area contributed by atoms with Crippen molar-refractivity contribution >= 4 is 38.5 Å². The average Bonchev–Trinajstić information content (AvgIpc) is 3.18. The summed E-state index contributed by atoms with van der Waals surface area (Å²) in [5.74, 6) is 0. The van der Waals surface area contributed by atoms with E-state index in [1.807, 2.05) is 41.8 Å². The second kappa shape index (κ2) is 9.50. The van der Waals surface area contributed by atoms with Crippen LogP contribution in [0.25, 0.3) is 16.8 Å². The quantitative estimate of drug-likeness (QED) is 0.409. The van der Waals surface area contributed by atoms with Gasteiger partial charge in [-0.3, -0.25) is 0 Å². The zero-order valence-corrected chi connectivity index (χ0v) is 17.5. The van der Waals surface area contributed by atoms with E-state index in [2.05, 4.69) is 51.4 Å². The van der Waals surface area contributed by atoms with Crippen LogP contribution < -0.4 is 5.32 Å². The lowest BCUT2D eigenvalue weighted by Crippen LogP contribution is -1.92. The van der Waals surface area contributed by atoms with Gasteiger partial charge in [0.15, 0.2) is 0 Å².